The van der Waals surface area contributed by atoms with Crippen LogP contribution in [0.5, 0.6) is 0 Å². The number of hydrogen-bond donors (Lipinski definition) is 1. The van der Waals surface area contributed by atoms with Gasteiger partial charge in [0, 0.05) is 19.0 Å². The van der Waals surface area contributed by atoms with Crippen LogP contribution >= 0.6 is 0 Å². The zero-order valence-corrected chi connectivity index (χ0v) is 13.5. The van der Waals surface area contributed by atoms with Crippen LogP contribution in [0.3, 0.4) is 0 Å². The minimum Gasteiger partial charge on any atom is -0.342 e. The highest BCUT2D eigenvalue weighted by atomic mass is 16.5. The van der Waals surface area contributed by atoms with Crippen LogP contribution < -0.4 is 5.76 Å². The molecule has 122 valence electrons. The van der Waals surface area contributed by atoms with Gasteiger partial charge in [0.05, 0.1) is 6.42 Å². The Kier molecular flexibility index (Phi) is 4.32. The highest BCUT2D eigenvalue weighted by Crippen LogP contribution is 2.25. The SMILES string of the molecule is Cc1ccc(CC(=O)N2CCC(c3noc(=O)[nH]3)CC2)cc1C. The van der Waals surface area contributed by atoms with Crippen LogP contribution in [0, 0.1) is 13.8 Å². The first-order valence-electron chi connectivity index (χ1n) is 7.92. The van der Waals surface area contributed by atoms with Crippen molar-refractivity contribution in [3.8, 4) is 0 Å². The lowest BCUT2D eigenvalue weighted by Crippen LogP contribution is -2.39. The second-order valence-corrected chi connectivity index (χ2v) is 6.23. The number of aromatic nitrogens is 2. The Morgan fingerprint density at radius 1 is 1.30 bits per heavy atom. The average Bonchev–Trinajstić information content (AvgIpc) is 2.97. The van der Waals surface area contributed by atoms with E-state index in [0.29, 0.717) is 25.3 Å². The van der Waals surface area contributed by atoms with Crippen LogP contribution in [0.4, 0.5) is 0 Å². The molecule has 0 aliphatic carbocycles. The third-order valence-electron chi connectivity index (χ3n) is 4.62. The van der Waals surface area contributed by atoms with E-state index in [0.717, 1.165) is 18.4 Å². The van der Waals surface area contributed by atoms with Crippen molar-refractivity contribution < 1.29 is 9.32 Å². The Morgan fingerprint density at radius 3 is 2.65 bits per heavy atom. The molecule has 2 heterocycles. The summed E-state index contributed by atoms with van der Waals surface area (Å²) in [7, 11) is 0. The lowest BCUT2D eigenvalue weighted by molar-refractivity contribution is -0.131. The number of rotatable bonds is 3. The quantitative estimate of drug-likeness (QED) is 0.938. The lowest BCUT2D eigenvalue weighted by atomic mass is 9.95. The normalized spacial score (nSPS) is 15.8. The summed E-state index contributed by atoms with van der Waals surface area (Å²) < 4.78 is 4.55. The molecule has 23 heavy (non-hydrogen) atoms. The molecule has 6 heteroatoms. The standard InChI is InChI=1S/C17H21N3O3/c1-11-3-4-13(9-12(11)2)10-15(21)20-7-5-14(6-8-20)16-18-17(22)23-19-16/h3-4,9,14H,5-8,10H2,1-2H3,(H,18,19,22). The molecule has 1 fully saturated rings. The summed E-state index contributed by atoms with van der Waals surface area (Å²) in [6, 6.07) is 6.17. The molecule has 1 aliphatic rings. The van der Waals surface area contributed by atoms with Crippen molar-refractivity contribution in [1.29, 1.82) is 0 Å². The van der Waals surface area contributed by atoms with Crippen LogP contribution in [0.1, 0.15) is 41.3 Å². The molecular formula is C17H21N3O3. The van der Waals surface area contributed by atoms with Crippen LogP contribution in [0.15, 0.2) is 27.5 Å². The van der Waals surface area contributed by atoms with Gasteiger partial charge in [-0.25, -0.2) is 4.79 Å². The molecule has 0 atom stereocenters. The van der Waals surface area contributed by atoms with E-state index in [2.05, 4.69) is 40.6 Å². The predicted octanol–water partition coefficient (Wildman–Crippen LogP) is 1.93. The maximum absolute atomic E-state index is 12.4. The minimum absolute atomic E-state index is 0.153. The Hall–Kier alpha value is -2.37. The molecule has 1 aromatic heterocycles. The van der Waals surface area contributed by atoms with Crippen LogP contribution in [0.2, 0.25) is 0 Å². The maximum atomic E-state index is 12.4. The number of aromatic amines is 1. The summed E-state index contributed by atoms with van der Waals surface area (Å²) in [5.74, 6) is 0.386. The van der Waals surface area contributed by atoms with Gasteiger partial charge in [0.1, 0.15) is 0 Å². The third kappa shape index (κ3) is 3.52. The molecule has 1 saturated heterocycles. The molecule has 0 radical (unpaired) electrons. The molecule has 6 nitrogen and oxygen atoms in total. The molecule has 1 aromatic carbocycles. The van der Waals surface area contributed by atoms with Crippen LogP contribution in [-0.2, 0) is 11.2 Å². The van der Waals surface area contributed by atoms with E-state index in [1.165, 1.54) is 11.1 Å². The highest BCUT2D eigenvalue weighted by molar-refractivity contribution is 5.79. The van der Waals surface area contributed by atoms with E-state index in [-0.39, 0.29) is 11.8 Å². The lowest BCUT2D eigenvalue weighted by Gasteiger charge is -2.31. The van der Waals surface area contributed by atoms with Crippen molar-refractivity contribution >= 4 is 5.91 Å². The number of amides is 1. The summed E-state index contributed by atoms with van der Waals surface area (Å²) in [5, 5.41) is 3.75. The molecule has 0 bridgehead atoms. The van der Waals surface area contributed by atoms with Crippen molar-refractivity contribution in [2.24, 2.45) is 0 Å². The number of nitrogens with zero attached hydrogens (tertiary/aromatic N) is 2. The minimum atomic E-state index is -0.520. The number of H-pyrrole nitrogens is 1. The Morgan fingerprint density at radius 2 is 2.04 bits per heavy atom. The van der Waals surface area contributed by atoms with E-state index < -0.39 is 5.76 Å². The Balaban J connectivity index is 1.57. The van der Waals surface area contributed by atoms with Crippen molar-refractivity contribution in [3.05, 3.63) is 51.3 Å². The number of nitrogens with one attached hydrogen (secondary N) is 1. The fourth-order valence-electron chi connectivity index (χ4n) is 3.02. The van der Waals surface area contributed by atoms with Crippen molar-refractivity contribution in [2.45, 2.75) is 39.0 Å². The zero-order chi connectivity index (χ0) is 16.4. The zero-order valence-electron chi connectivity index (χ0n) is 13.5. The smallest absolute Gasteiger partial charge is 0.342 e. The first-order chi connectivity index (χ1) is 11.0. The highest BCUT2D eigenvalue weighted by Gasteiger charge is 2.26. The number of piperidine rings is 1. The van der Waals surface area contributed by atoms with Gasteiger partial charge < -0.3 is 4.90 Å². The Labute approximate surface area is 134 Å². The molecule has 3 rings (SSSR count). The van der Waals surface area contributed by atoms with Gasteiger partial charge in [0.25, 0.3) is 0 Å². The van der Waals surface area contributed by atoms with Gasteiger partial charge in [-0.15, -0.1) is 0 Å². The average molecular weight is 315 g/mol. The van der Waals surface area contributed by atoms with E-state index in [1.54, 1.807) is 0 Å². The van der Waals surface area contributed by atoms with E-state index in [9.17, 15) is 9.59 Å². The summed E-state index contributed by atoms with van der Waals surface area (Å²) in [6.07, 6.45) is 2.02. The molecule has 1 aliphatic heterocycles. The number of likely N-dealkylation sites (tertiary alicyclic amines) is 1. The summed E-state index contributed by atoms with van der Waals surface area (Å²) >= 11 is 0. The van der Waals surface area contributed by atoms with Gasteiger partial charge >= 0.3 is 5.76 Å². The summed E-state index contributed by atoms with van der Waals surface area (Å²) in [5.41, 5.74) is 3.51. The maximum Gasteiger partial charge on any atom is 0.438 e. The van der Waals surface area contributed by atoms with Gasteiger partial charge in [-0.1, -0.05) is 23.4 Å². The molecule has 0 saturated carbocycles. The van der Waals surface area contributed by atoms with Crippen molar-refractivity contribution in [1.82, 2.24) is 15.0 Å². The van der Waals surface area contributed by atoms with Crippen molar-refractivity contribution in [3.63, 3.8) is 0 Å². The monoisotopic (exact) mass is 315 g/mol. The fraction of sp³-hybridized carbons (Fsp3) is 0.471. The topological polar surface area (TPSA) is 79.2 Å². The Bertz CT molecular complexity index is 754. The van der Waals surface area contributed by atoms with Crippen molar-refractivity contribution in [2.75, 3.05) is 13.1 Å². The van der Waals surface area contributed by atoms with Gasteiger partial charge in [0.2, 0.25) is 5.91 Å². The van der Waals surface area contributed by atoms with E-state index >= 15 is 0 Å². The molecular weight excluding hydrogens is 294 g/mol. The number of hydrogen-bond acceptors (Lipinski definition) is 4. The number of carbonyl (C=O) groups excluding carboxylic acids is 1. The number of carbonyl (C=O) groups is 1. The largest absolute Gasteiger partial charge is 0.438 e. The number of aryl methyl sites for hydroxylation is 2. The molecule has 1 N–H and O–H groups in total. The predicted molar refractivity (Wildman–Crippen MR) is 85.3 cm³/mol. The second kappa shape index (κ2) is 6.40. The second-order valence-electron chi connectivity index (χ2n) is 6.23. The van der Waals surface area contributed by atoms with Crippen LogP contribution in [-0.4, -0.2) is 34.0 Å². The molecule has 0 spiro atoms. The molecule has 0 unspecified atom stereocenters. The first kappa shape index (κ1) is 15.5. The first-order valence-corrected chi connectivity index (χ1v) is 7.92. The molecule has 1 amide bonds. The van der Waals surface area contributed by atoms with Gasteiger partial charge in [0.15, 0.2) is 5.82 Å². The van der Waals surface area contributed by atoms with Crippen LogP contribution in [0.25, 0.3) is 0 Å². The third-order valence-corrected chi connectivity index (χ3v) is 4.62. The van der Waals surface area contributed by atoms with Gasteiger partial charge in [-0.2, -0.15) is 0 Å². The molecule has 2 aromatic rings. The van der Waals surface area contributed by atoms with Gasteiger partial charge in [-0.3, -0.25) is 14.3 Å². The summed E-state index contributed by atoms with van der Waals surface area (Å²) in [6.45, 7) is 5.50. The fourth-order valence-corrected chi connectivity index (χ4v) is 3.02. The summed E-state index contributed by atoms with van der Waals surface area (Å²) in [4.78, 5) is 28.0. The van der Waals surface area contributed by atoms with E-state index in [4.69, 9.17) is 0 Å². The van der Waals surface area contributed by atoms with E-state index in [1.807, 2.05) is 11.0 Å². The van der Waals surface area contributed by atoms with Gasteiger partial charge in [-0.05, 0) is 43.4 Å². The number of benzene rings is 1.